The summed E-state index contributed by atoms with van der Waals surface area (Å²) in [5.41, 5.74) is 1.75. The highest BCUT2D eigenvalue weighted by Gasteiger charge is 2.42. The minimum Gasteiger partial charge on any atom is -0.494 e. The summed E-state index contributed by atoms with van der Waals surface area (Å²) in [5.74, 6) is 1.21. The summed E-state index contributed by atoms with van der Waals surface area (Å²) in [6.45, 7) is 5.59. The Kier molecular flexibility index (Phi) is 5.88. The Morgan fingerprint density at radius 3 is 2.66 bits per heavy atom. The Bertz CT molecular complexity index is 1110. The molecule has 0 saturated carbocycles. The summed E-state index contributed by atoms with van der Waals surface area (Å²) in [7, 11) is 1.58. The van der Waals surface area contributed by atoms with Crippen LogP contribution in [0.5, 0.6) is 5.75 Å². The van der Waals surface area contributed by atoms with Crippen molar-refractivity contribution in [2.24, 2.45) is 5.41 Å². The molecule has 3 heterocycles. The zero-order valence-electron chi connectivity index (χ0n) is 18.5. The van der Waals surface area contributed by atoms with Gasteiger partial charge in [0.05, 0.1) is 30.8 Å². The Labute approximate surface area is 192 Å². The number of ether oxygens (including phenoxy) is 1. The summed E-state index contributed by atoms with van der Waals surface area (Å²) < 4.78 is 11.4. The monoisotopic (exact) mass is 450 g/mol. The highest BCUT2D eigenvalue weighted by Crippen LogP contribution is 2.43. The molecule has 1 aliphatic rings. The summed E-state index contributed by atoms with van der Waals surface area (Å²) in [6, 6.07) is 14.7. The van der Waals surface area contributed by atoms with E-state index in [4.69, 9.17) is 21.4 Å². The zero-order valence-corrected chi connectivity index (χ0v) is 19.3. The van der Waals surface area contributed by atoms with Gasteiger partial charge in [0, 0.05) is 23.4 Å². The topological polar surface area (TPSA) is 79.6 Å². The van der Waals surface area contributed by atoms with Gasteiger partial charge in [-0.1, -0.05) is 26.8 Å². The lowest BCUT2D eigenvalue weighted by molar-refractivity contribution is -0.123. The number of thiocarbonyl (C=S) groups is 1. The second-order valence-corrected chi connectivity index (χ2v) is 8.99. The average molecular weight is 451 g/mol. The zero-order chi connectivity index (χ0) is 22.9. The van der Waals surface area contributed by atoms with Gasteiger partial charge in [0.15, 0.2) is 5.11 Å². The molecule has 8 heteroatoms. The molecule has 3 aromatic rings. The molecule has 1 aliphatic heterocycles. The Hall–Kier alpha value is -3.39. The van der Waals surface area contributed by atoms with E-state index in [1.165, 1.54) is 0 Å². The van der Waals surface area contributed by atoms with Crippen LogP contribution in [0.15, 0.2) is 65.4 Å². The first-order chi connectivity index (χ1) is 15.3. The lowest BCUT2D eigenvalue weighted by Crippen LogP contribution is -2.29. The van der Waals surface area contributed by atoms with Crippen molar-refractivity contribution in [3.63, 3.8) is 0 Å². The van der Waals surface area contributed by atoms with Crippen LogP contribution in [0.1, 0.15) is 44.3 Å². The maximum absolute atomic E-state index is 12.5. The predicted octanol–water partition coefficient (Wildman–Crippen LogP) is 4.84. The fourth-order valence-electron chi connectivity index (χ4n) is 3.62. The number of aromatic nitrogens is 1. The van der Waals surface area contributed by atoms with Gasteiger partial charge in [0.2, 0.25) is 5.91 Å². The van der Waals surface area contributed by atoms with Crippen molar-refractivity contribution in [3.8, 4) is 5.75 Å². The highest BCUT2D eigenvalue weighted by molar-refractivity contribution is 7.80. The molecular formula is C24H26N4O3S. The molecule has 1 fully saturated rings. The van der Waals surface area contributed by atoms with E-state index in [2.05, 4.69) is 15.6 Å². The van der Waals surface area contributed by atoms with E-state index in [1.807, 2.05) is 74.2 Å². The number of amides is 1. The first-order valence-electron chi connectivity index (χ1n) is 10.3. The molecule has 1 saturated heterocycles. The second kappa shape index (κ2) is 8.63. The number of nitrogens with one attached hydrogen (secondary N) is 2. The number of carbonyl (C=O) groups is 1. The van der Waals surface area contributed by atoms with E-state index in [0.29, 0.717) is 16.5 Å². The lowest BCUT2D eigenvalue weighted by atomic mass is 9.95. The van der Waals surface area contributed by atoms with Crippen molar-refractivity contribution in [3.05, 3.63) is 72.4 Å². The Morgan fingerprint density at radius 1 is 1.22 bits per heavy atom. The van der Waals surface area contributed by atoms with E-state index >= 15 is 0 Å². The quantitative estimate of drug-likeness (QED) is 0.538. The van der Waals surface area contributed by atoms with Crippen LogP contribution in [0.3, 0.4) is 0 Å². The number of rotatable bonds is 5. The van der Waals surface area contributed by atoms with Gasteiger partial charge in [-0.05, 0) is 48.6 Å². The minimum atomic E-state index is -0.523. The number of benzene rings is 1. The van der Waals surface area contributed by atoms with Gasteiger partial charge in [-0.15, -0.1) is 0 Å². The van der Waals surface area contributed by atoms with Crippen molar-refractivity contribution >= 4 is 34.6 Å². The van der Waals surface area contributed by atoms with Crippen LogP contribution in [0.2, 0.25) is 0 Å². The highest BCUT2D eigenvalue weighted by atomic mass is 32.1. The molecule has 166 valence electrons. The number of methoxy groups -OCH3 is 1. The molecular weight excluding hydrogens is 424 g/mol. The fourth-order valence-corrected chi connectivity index (χ4v) is 3.97. The van der Waals surface area contributed by atoms with Gasteiger partial charge in [0.1, 0.15) is 17.6 Å². The first kappa shape index (κ1) is 21.8. The van der Waals surface area contributed by atoms with E-state index in [-0.39, 0.29) is 18.0 Å². The fraction of sp³-hybridized carbons (Fsp3) is 0.292. The van der Waals surface area contributed by atoms with Crippen molar-refractivity contribution in [1.82, 2.24) is 10.3 Å². The van der Waals surface area contributed by atoms with Crippen molar-refractivity contribution < 1.29 is 13.9 Å². The molecule has 2 atom stereocenters. The number of furan rings is 1. The molecule has 0 bridgehead atoms. The van der Waals surface area contributed by atoms with Gasteiger partial charge in [0.25, 0.3) is 0 Å². The van der Waals surface area contributed by atoms with E-state index in [9.17, 15) is 4.79 Å². The van der Waals surface area contributed by atoms with Crippen LogP contribution in [0, 0.1) is 5.41 Å². The van der Waals surface area contributed by atoms with E-state index in [1.54, 1.807) is 19.6 Å². The van der Waals surface area contributed by atoms with Crippen molar-refractivity contribution in [1.29, 1.82) is 0 Å². The maximum atomic E-state index is 12.5. The molecule has 2 N–H and O–H groups in total. The lowest BCUT2D eigenvalue weighted by Gasteiger charge is -2.27. The summed E-state index contributed by atoms with van der Waals surface area (Å²) >= 11 is 5.72. The number of hydrogen-bond acceptors (Lipinski definition) is 5. The van der Waals surface area contributed by atoms with E-state index < -0.39 is 5.41 Å². The van der Waals surface area contributed by atoms with Crippen molar-refractivity contribution in [2.75, 3.05) is 17.3 Å². The smallest absolute Gasteiger partial charge is 0.229 e. The number of anilines is 2. The molecule has 0 radical (unpaired) electrons. The number of hydrogen-bond donors (Lipinski definition) is 2. The largest absolute Gasteiger partial charge is 0.494 e. The summed E-state index contributed by atoms with van der Waals surface area (Å²) in [5, 5.41) is 6.88. The molecule has 4 rings (SSSR count). The molecule has 7 nitrogen and oxygen atoms in total. The van der Waals surface area contributed by atoms with Crippen LogP contribution in [0.4, 0.5) is 11.4 Å². The SMILES string of the molecule is COc1cc(N2C(=S)NC(c3ccccn3)C2c2ccco2)ccc1NC(=O)C(C)(C)C. The van der Waals surface area contributed by atoms with E-state index in [0.717, 1.165) is 17.1 Å². The first-order valence-corrected chi connectivity index (χ1v) is 10.7. The van der Waals surface area contributed by atoms with Crippen LogP contribution >= 0.6 is 12.2 Å². The van der Waals surface area contributed by atoms with Gasteiger partial charge < -0.3 is 24.7 Å². The molecule has 0 aliphatic carbocycles. The third-order valence-electron chi connectivity index (χ3n) is 5.33. The summed E-state index contributed by atoms with van der Waals surface area (Å²) in [6.07, 6.45) is 3.41. The maximum Gasteiger partial charge on any atom is 0.229 e. The minimum absolute atomic E-state index is 0.0920. The average Bonchev–Trinajstić information content (AvgIpc) is 3.41. The van der Waals surface area contributed by atoms with Crippen LogP contribution in [0.25, 0.3) is 0 Å². The van der Waals surface area contributed by atoms with Gasteiger partial charge in [-0.25, -0.2) is 0 Å². The van der Waals surface area contributed by atoms with Gasteiger partial charge in [-0.3, -0.25) is 9.78 Å². The summed E-state index contributed by atoms with van der Waals surface area (Å²) in [4.78, 5) is 19.0. The van der Waals surface area contributed by atoms with Crippen LogP contribution in [-0.2, 0) is 4.79 Å². The standard InChI is InChI=1S/C24H26N4O3S/c1-24(2,3)22(29)26-16-11-10-15(14-19(16)30-4)28-21(18-9-7-13-31-18)20(27-23(28)32)17-8-5-6-12-25-17/h5-14,20-21H,1-4H3,(H,26,29)(H,27,32). The molecule has 1 aromatic carbocycles. The van der Waals surface area contributed by atoms with Gasteiger partial charge >= 0.3 is 0 Å². The molecule has 1 amide bonds. The van der Waals surface area contributed by atoms with Crippen LogP contribution in [-0.4, -0.2) is 23.1 Å². The molecule has 32 heavy (non-hydrogen) atoms. The van der Waals surface area contributed by atoms with Crippen molar-refractivity contribution in [2.45, 2.75) is 32.9 Å². The van der Waals surface area contributed by atoms with Gasteiger partial charge in [-0.2, -0.15) is 0 Å². The Morgan fingerprint density at radius 2 is 2.03 bits per heavy atom. The Balaban J connectivity index is 1.72. The third-order valence-corrected chi connectivity index (χ3v) is 5.64. The molecule has 2 unspecified atom stereocenters. The third kappa shape index (κ3) is 4.18. The number of pyridine rings is 1. The number of carbonyl (C=O) groups excluding carboxylic acids is 1. The normalized spacial score (nSPS) is 18.4. The van der Waals surface area contributed by atoms with Crippen LogP contribution < -0.4 is 20.3 Å². The predicted molar refractivity (Wildman–Crippen MR) is 128 cm³/mol. The molecule has 2 aromatic heterocycles. The second-order valence-electron chi connectivity index (χ2n) is 8.60. The molecule has 0 spiro atoms. The number of nitrogens with zero attached hydrogens (tertiary/aromatic N) is 2.